The molecule has 0 saturated carbocycles. The van der Waals surface area contributed by atoms with Crippen LogP contribution in [0.3, 0.4) is 0 Å². The third-order valence-electron chi connectivity index (χ3n) is 2.10. The van der Waals surface area contributed by atoms with Gasteiger partial charge in [-0.25, -0.2) is 4.79 Å². The first-order valence-electron chi connectivity index (χ1n) is 5.47. The number of carbonyl (C=O) groups is 2. The van der Waals surface area contributed by atoms with Crippen molar-refractivity contribution in [3.8, 4) is 0 Å². The largest absolute Gasteiger partial charge is 0.459 e. The Morgan fingerprint density at radius 1 is 1.33 bits per heavy atom. The Labute approximate surface area is 115 Å². The molecular weight excluding hydrogens is 277 g/mol. The highest BCUT2D eigenvalue weighted by Crippen LogP contribution is 2.25. The maximum absolute atomic E-state index is 11.5. The summed E-state index contributed by atoms with van der Waals surface area (Å²) in [6, 6.07) is 4.55. The maximum atomic E-state index is 11.5. The zero-order valence-corrected chi connectivity index (χ0v) is 11.3. The standard InChI is InChI=1S/C12H13Cl2NO3/c1-2-3-6-18-12(17)11(16)15-10-5-4-8(13)7-9(10)14/h4-5,7H,2-3,6H2,1H3,(H,15,16). The molecule has 0 fully saturated rings. The molecule has 1 amide bonds. The van der Waals surface area contributed by atoms with Gasteiger partial charge in [0.2, 0.25) is 0 Å². The van der Waals surface area contributed by atoms with E-state index in [2.05, 4.69) is 5.32 Å². The van der Waals surface area contributed by atoms with E-state index in [-0.39, 0.29) is 11.6 Å². The first kappa shape index (κ1) is 14.8. The summed E-state index contributed by atoms with van der Waals surface area (Å²) < 4.78 is 4.76. The number of rotatable bonds is 4. The predicted octanol–water partition coefficient (Wildman–Crippen LogP) is 3.28. The highest BCUT2D eigenvalue weighted by atomic mass is 35.5. The molecule has 0 saturated heterocycles. The molecule has 0 aliphatic heterocycles. The quantitative estimate of drug-likeness (QED) is 0.526. The van der Waals surface area contributed by atoms with Crippen LogP contribution in [0.2, 0.25) is 10.0 Å². The fourth-order valence-electron chi connectivity index (χ4n) is 1.14. The summed E-state index contributed by atoms with van der Waals surface area (Å²) >= 11 is 11.6. The Balaban J connectivity index is 2.56. The van der Waals surface area contributed by atoms with Crippen LogP contribution in [0.4, 0.5) is 5.69 Å². The molecule has 0 bridgehead atoms. The van der Waals surface area contributed by atoms with E-state index in [1.165, 1.54) is 12.1 Å². The van der Waals surface area contributed by atoms with Gasteiger partial charge < -0.3 is 10.1 Å². The van der Waals surface area contributed by atoms with E-state index >= 15 is 0 Å². The van der Waals surface area contributed by atoms with E-state index in [0.29, 0.717) is 10.7 Å². The van der Waals surface area contributed by atoms with Crippen LogP contribution < -0.4 is 5.32 Å². The van der Waals surface area contributed by atoms with Crippen molar-refractivity contribution in [2.24, 2.45) is 0 Å². The minimum absolute atomic E-state index is 0.233. The van der Waals surface area contributed by atoms with Crippen molar-refractivity contribution in [3.05, 3.63) is 28.2 Å². The van der Waals surface area contributed by atoms with Gasteiger partial charge in [0.05, 0.1) is 17.3 Å². The van der Waals surface area contributed by atoms with Crippen LogP contribution in [0, 0.1) is 0 Å². The zero-order chi connectivity index (χ0) is 13.5. The van der Waals surface area contributed by atoms with Crippen LogP contribution in [0.5, 0.6) is 0 Å². The van der Waals surface area contributed by atoms with E-state index in [0.717, 1.165) is 12.8 Å². The van der Waals surface area contributed by atoms with Gasteiger partial charge in [0.1, 0.15) is 0 Å². The number of hydrogen-bond donors (Lipinski definition) is 1. The van der Waals surface area contributed by atoms with Crippen LogP contribution >= 0.6 is 23.2 Å². The average Bonchev–Trinajstić information content (AvgIpc) is 2.32. The Morgan fingerprint density at radius 2 is 2.06 bits per heavy atom. The van der Waals surface area contributed by atoms with Gasteiger partial charge in [0, 0.05) is 5.02 Å². The molecule has 0 aliphatic rings. The summed E-state index contributed by atoms with van der Waals surface area (Å²) in [5.41, 5.74) is 0.318. The lowest BCUT2D eigenvalue weighted by molar-refractivity contribution is -0.152. The van der Waals surface area contributed by atoms with Crippen LogP contribution in [0.15, 0.2) is 18.2 Å². The molecule has 1 rings (SSSR count). The number of hydrogen-bond acceptors (Lipinski definition) is 3. The lowest BCUT2D eigenvalue weighted by Gasteiger charge is -2.07. The molecule has 1 N–H and O–H groups in total. The molecule has 0 aliphatic carbocycles. The minimum atomic E-state index is -0.922. The molecule has 0 heterocycles. The first-order chi connectivity index (χ1) is 8.54. The van der Waals surface area contributed by atoms with E-state index in [4.69, 9.17) is 27.9 Å². The topological polar surface area (TPSA) is 55.4 Å². The Kier molecular flexibility index (Phi) is 5.95. The van der Waals surface area contributed by atoms with Crippen LogP contribution in [0.25, 0.3) is 0 Å². The number of unbranched alkanes of at least 4 members (excludes halogenated alkanes) is 1. The van der Waals surface area contributed by atoms with Gasteiger partial charge in [-0.3, -0.25) is 4.79 Å². The predicted molar refractivity (Wildman–Crippen MR) is 71.0 cm³/mol. The Morgan fingerprint density at radius 3 is 2.67 bits per heavy atom. The summed E-state index contributed by atoms with van der Waals surface area (Å²) in [6.45, 7) is 2.19. The average molecular weight is 290 g/mol. The monoisotopic (exact) mass is 289 g/mol. The van der Waals surface area contributed by atoms with Crippen LogP contribution in [-0.2, 0) is 14.3 Å². The number of ether oxygens (including phenoxy) is 1. The highest BCUT2D eigenvalue weighted by Gasteiger charge is 2.16. The molecule has 1 aromatic carbocycles. The summed E-state index contributed by atoms with van der Waals surface area (Å²) in [4.78, 5) is 22.8. The Bertz CT molecular complexity index is 449. The molecule has 0 aromatic heterocycles. The van der Waals surface area contributed by atoms with Gasteiger partial charge in [0.25, 0.3) is 0 Å². The second-order valence-electron chi connectivity index (χ2n) is 3.57. The third-order valence-corrected chi connectivity index (χ3v) is 2.64. The van der Waals surface area contributed by atoms with Crippen molar-refractivity contribution in [1.82, 2.24) is 0 Å². The third kappa shape index (κ3) is 4.55. The van der Waals surface area contributed by atoms with E-state index in [1.54, 1.807) is 6.07 Å². The molecule has 0 radical (unpaired) electrons. The van der Waals surface area contributed by atoms with Gasteiger partial charge >= 0.3 is 11.9 Å². The van der Waals surface area contributed by atoms with Crippen molar-refractivity contribution < 1.29 is 14.3 Å². The number of esters is 1. The lowest BCUT2D eigenvalue weighted by Crippen LogP contribution is -2.25. The smallest absolute Gasteiger partial charge is 0.397 e. The molecule has 0 unspecified atom stereocenters. The molecule has 4 nitrogen and oxygen atoms in total. The fraction of sp³-hybridized carbons (Fsp3) is 0.333. The van der Waals surface area contributed by atoms with Gasteiger partial charge in [-0.1, -0.05) is 36.5 Å². The molecule has 0 atom stereocenters. The summed E-state index contributed by atoms with van der Waals surface area (Å²) in [5, 5.41) is 3.07. The summed E-state index contributed by atoms with van der Waals surface area (Å²) in [5.74, 6) is -1.77. The minimum Gasteiger partial charge on any atom is -0.459 e. The molecular formula is C12H13Cl2NO3. The van der Waals surface area contributed by atoms with Gasteiger partial charge in [-0.2, -0.15) is 0 Å². The molecule has 1 aromatic rings. The van der Waals surface area contributed by atoms with E-state index in [1.807, 2.05) is 6.92 Å². The normalized spacial score (nSPS) is 9.94. The molecule has 98 valence electrons. The second-order valence-corrected chi connectivity index (χ2v) is 4.41. The second kappa shape index (κ2) is 7.24. The number of carbonyl (C=O) groups excluding carboxylic acids is 2. The van der Waals surface area contributed by atoms with E-state index in [9.17, 15) is 9.59 Å². The fourth-order valence-corrected chi connectivity index (χ4v) is 1.59. The van der Waals surface area contributed by atoms with Gasteiger partial charge in [-0.15, -0.1) is 0 Å². The van der Waals surface area contributed by atoms with E-state index < -0.39 is 11.9 Å². The Hall–Kier alpha value is -1.26. The number of nitrogens with one attached hydrogen (secondary N) is 1. The van der Waals surface area contributed by atoms with Crippen molar-refractivity contribution in [2.45, 2.75) is 19.8 Å². The number of halogens is 2. The highest BCUT2D eigenvalue weighted by molar-refractivity contribution is 6.40. The lowest BCUT2D eigenvalue weighted by atomic mass is 10.3. The van der Waals surface area contributed by atoms with Crippen molar-refractivity contribution >= 4 is 40.8 Å². The summed E-state index contributed by atoms with van der Waals surface area (Å²) in [7, 11) is 0. The molecule has 18 heavy (non-hydrogen) atoms. The van der Waals surface area contributed by atoms with Crippen molar-refractivity contribution in [2.75, 3.05) is 11.9 Å². The zero-order valence-electron chi connectivity index (χ0n) is 9.83. The van der Waals surface area contributed by atoms with Crippen LogP contribution in [-0.4, -0.2) is 18.5 Å². The molecule has 0 spiro atoms. The number of benzene rings is 1. The van der Waals surface area contributed by atoms with Crippen molar-refractivity contribution in [1.29, 1.82) is 0 Å². The first-order valence-corrected chi connectivity index (χ1v) is 6.23. The van der Waals surface area contributed by atoms with Crippen molar-refractivity contribution in [3.63, 3.8) is 0 Å². The van der Waals surface area contributed by atoms with Crippen LogP contribution in [0.1, 0.15) is 19.8 Å². The van der Waals surface area contributed by atoms with Gasteiger partial charge in [-0.05, 0) is 24.6 Å². The SMILES string of the molecule is CCCCOC(=O)C(=O)Nc1ccc(Cl)cc1Cl. The van der Waals surface area contributed by atoms with Gasteiger partial charge in [0.15, 0.2) is 0 Å². The molecule has 6 heteroatoms. The summed E-state index contributed by atoms with van der Waals surface area (Å²) in [6.07, 6.45) is 1.61. The number of anilines is 1. The maximum Gasteiger partial charge on any atom is 0.397 e. The number of amides is 1.